The van der Waals surface area contributed by atoms with Gasteiger partial charge in [-0.25, -0.2) is 9.59 Å². The number of ether oxygens (including phenoxy) is 2. The Labute approximate surface area is 176 Å². The lowest BCUT2D eigenvalue weighted by molar-refractivity contribution is -0.138. The van der Waals surface area contributed by atoms with E-state index in [-0.39, 0.29) is 23.7 Å². The molecule has 3 N–H and O–H groups in total. The first-order valence-electron chi connectivity index (χ1n) is 9.15. The smallest absolute Gasteiger partial charge is 0.338 e. The molecule has 2 aromatic rings. The second kappa shape index (κ2) is 9.00. The van der Waals surface area contributed by atoms with Crippen LogP contribution in [0, 0.1) is 0 Å². The molecule has 0 aliphatic carbocycles. The van der Waals surface area contributed by atoms with Crippen LogP contribution in [-0.4, -0.2) is 30.3 Å². The minimum absolute atomic E-state index is 0.0548. The Hall–Kier alpha value is -3.00. The molecule has 0 saturated heterocycles. The highest BCUT2D eigenvalue weighted by atomic mass is 79.9. The zero-order valence-electron chi connectivity index (χ0n) is 16.0. The molecule has 1 aliphatic rings. The minimum atomic E-state index is -0.797. The summed E-state index contributed by atoms with van der Waals surface area (Å²) >= 11 is 3.31. The Morgan fingerprint density at radius 3 is 2.55 bits per heavy atom. The Morgan fingerprint density at radius 2 is 1.90 bits per heavy atom. The topological polar surface area (TPSA) is 96.9 Å². The van der Waals surface area contributed by atoms with E-state index in [9.17, 15) is 14.7 Å². The lowest BCUT2D eigenvalue weighted by atomic mass is 9.92. The normalized spacial score (nSPS) is 16.1. The van der Waals surface area contributed by atoms with Crippen LogP contribution in [0.15, 0.2) is 52.5 Å². The van der Waals surface area contributed by atoms with Crippen LogP contribution in [0.5, 0.6) is 11.5 Å². The van der Waals surface area contributed by atoms with E-state index in [1.165, 1.54) is 0 Å². The Morgan fingerprint density at radius 1 is 1.17 bits per heavy atom. The number of aromatic hydroxyl groups is 1. The lowest BCUT2D eigenvalue weighted by Crippen LogP contribution is -2.45. The van der Waals surface area contributed by atoms with Gasteiger partial charge in [0.05, 0.1) is 35.0 Å². The number of rotatable bonds is 6. The number of urea groups is 1. The van der Waals surface area contributed by atoms with Gasteiger partial charge in [0, 0.05) is 0 Å². The molecule has 1 unspecified atom stereocenters. The van der Waals surface area contributed by atoms with Crippen molar-refractivity contribution >= 4 is 33.6 Å². The minimum Gasteiger partial charge on any atom is -0.503 e. The molecule has 29 heavy (non-hydrogen) atoms. The van der Waals surface area contributed by atoms with Crippen LogP contribution < -0.4 is 15.4 Å². The van der Waals surface area contributed by atoms with Gasteiger partial charge in [0.15, 0.2) is 11.5 Å². The van der Waals surface area contributed by atoms with Crippen LogP contribution in [0.1, 0.15) is 31.0 Å². The average Bonchev–Trinajstić information content (AvgIpc) is 2.71. The molecule has 2 amide bonds. The number of amides is 2. The number of esters is 1. The zero-order chi connectivity index (χ0) is 21.0. The first kappa shape index (κ1) is 20.7. The van der Waals surface area contributed by atoms with Gasteiger partial charge < -0.3 is 25.2 Å². The van der Waals surface area contributed by atoms with E-state index >= 15 is 0 Å². The van der Waals surface area contributed by atoms with Gasteiger partial charge in [0.2, 0.25) is 0 Å². The number of halogens is 1. The number of phenolic OH excluding ortho intramolecular Hbond substituents is 1. The maximum Gasteiger partial charge on any atom is 0.338 e. The Kier molecular flexibility index (Phi) is 6.43. The fourth-order valence-electron chi connectivity index (χ4n) is 3.10. The summed E-state index contributed by atoms with van der Waals surface area (Å²) in [5.74, 6) is -0.360. The number of phenols is 1. The summed E-state index contributed by atoms with van der Waals surface area (Å²) in [5.41, 5.74) is 1.88. The highest BCUT2D eigenvalue weighted by molar-refractivity contribution is 9.10. The highest BCUT2D eigenvalue weighted by Crippen LogP contribution is 2.40. The van der Waals surface area contributed by atoms with E-state index in [4.69, 9.17) is 9.47 Å². The largest absolute Gasteiger partial charge is 0.503 e. The van der Waals surface area contributed by atoms with E-state index in [0.29, 0.717) is 27.9 Å². The van der Waals surface area contributed by atoms with Gasteiger partial charge >= 0.3 is 12.0 Å². The van der Waals surface area contributed by atoms with Crippen molar-refractivity contribution in [3.63, 3.8) is 0 Å². The van der Waals surface area contributed by atoms with Crippen LogP contribution in [-0.2, 0) is 9.53 Å². The van der Waals surface area contributed by atoms with Gasteiger partial charge in [-0.3, -0.25) is 0 Å². The fourth-order valence-corrected chi connectivity index (χ4v) is 3.56. The molecule has 1 heterocycles. The van der Waals surface area contributed by atoms with Gasteiger partial charge in [-0.2, -0.15) is 0 Å². The third kappa shape index (κ3) is 4.37. The standard InChI is InChI=1S/C21H21BrN2O5/c1-3-28-15-11-13(10-14(22)19(15)25)18-16(20(26)29-4-2)17(23-21(27)24-18)12-8-6-5-7-9-12/h5-11,18,25H,3-4H2,1-2H3,(H2,23,24,27). The van der Waals surface area contributed by atoms with Crippen molar-refractivity contribution in [3.8, 4) is 11.5 Å². The second-order valence-electron chi connectivity index (χ2n) is 6.19. The van der Waals surface area contributed by atoms with Gasteiger partial charge in [-0.05, 0) is 53.0 Å². The molecule has 0 spiro atoms. The molecule has 0 saturated carbocycles. The van der Waals surface area contributed by atoms with Crippen molar-refractivity contribution in [1.29, 1.82) is 0 Å². The van der Waals surface area contributed by atoms with E-state index in [0.717, 1.165) is 0 Å². The van der Waals surface area contributed by atoms with E-state index in [1.807, 2.05) is 18.2 Å². The van der Waals surface area contributed by atoms with Crippen LogP contribution in [0.2, 0.25) is 0 Å². The summed E-state index contributed by atoms with van der Waals surface area (Å²) in [7, 11) is 0. The molecular formula is C21H21BrN2O5. The molecule has 1 atom stereocenters. The monoisotopic (exact) mass is 460 g/mol. The predicted molar refractivity (Wildman–Crippen MR) is 111 cm³/mol. The second-order valence-corrected chi connectivity index (χ2v) is 7.04. The van der Waals surface area contributed by atoms with Gasteiger partial charge in [0.25, 0.3) is 0 Å². The van der Waals surface area contributed by atoms with Crippen LogP contribution in [0.25, 0.3) is 5.70 Å². The lowest BCUT2D eigenvalue weighted by Gasteiger charge is -2.30. The third-order valence-corrected chi connectivity index (χ3v) is 4.92. The SMILES string of the molecule is CCOC(=O)C1=C(c2ccccc2)NC(=O)NC1c1cc(Br)c(O)c(OCC)c1. The Balaban J connectivity index is 2.20. The number of hydrogen-bond acceptors (Lipinski definition) is 5. The van der Waals surface area contributed by atoms with Crippen molar-refractivity contribution in [3.05, 3.63) is 63.6 Å². The predicted octanol–water partition coefficient (Wildman–Crippen LogP) is 3.88. The molecule has 0 radical (unpaired) electrons. The maximum atomic E-state index is 12.9. The van der Waals surface area contributed by atoms with E-state index in [1.54, 1.807) is 38.1 Å². The molecule has 0 aromatic heterocycles. The van der Waals surface area contributed by atoms with Gasteiger partial charge in [-0.1, -0.05) is 30.3 Å². The number of carbonyl (C=O) groups excluding carboxylic acids is 2. The summed E-state index contributed by atoms with van der Waals surface area (Å²) in [6, 6.07) is 11.1. The first-order valence-corrected chi connectivity index (χ1v) is 9.95. The van der Waals surface area contributed by atoms with E-state index < -0.39 is 18.0 Å². The summed E-state index contributed by atoms with van der Waals surface area (Å²) < 4.78 is 11.1. The molecule has 3 rings (SSSR count). The fraction of sp³-hybridized carbons (Fsp3) is 0.238. The van der Waals surface area contributed by atoms with Crippen molar-refractivity contribution in [2.24, 2.45) is 0 Å². The number of nitrogens with one attached hydrogen (secondary N) is 2. The molecular weight excluding hydrogens is 440 g/mol. The molecule has 152 valence electrons. The van der Waals surface area contributed by atoms with Gasteiger partial charge in [-0.15, -0.1) is 0 Å². The van der Waals surface area contributed by atoms with Crippen molar-refractivity contribution in [2.45, 2.75) is 19.9 Å². The van der Waals surface area contributed by atoms with Crippen LogP contribution in [0.4, 0.5) is 4.79 Å². The molecule has 8 heteroatoms. The molecule has 7 nitrogen and oxygen atoms in total. The maximum absolute atomic E-state index is 12.9. The average molecular weight is 461 g/mol. The van der Waals surface area contributed by atoms with E-state index in [2.05, 4.69) is 26.6 Å². The van der Waals surface area contributed by atoms with Crippen molar-refractivity contribution < 1.29 is 24.2 Å². The third-order valence-electron chi connectivity index (χ3n) is 4.31. The molecule has 2 aromatic carbocycles. The van der Waals surface area contributed by atoms with Crippen molar-refractivity contribution in [1.82, 2.24) is 10.6 Å². The summed E-state index contributed by atoms with van der Waals surface area (Å²) in [6.45, 7) is 4.05. The quantitative estimate of drug-likeness (QED) is 0.568. The molecule has 1 aliphatic heterocycles. The highest BCUT2D eigenvalue weighted by Gasteiger charge is 2.35. The van der Waals surface area contributed by atoms with Crippen molar-refractivity contribution in [2.75, 3.05) is 13.2 Å². The molecule has 0 bridgehead atoms. The van der Waals surface area contributed by atoms with Crippen LogP contribution >= 0.6 is 15.9 Å². The summed E-state index contributed by atoms with van der Waals surface area (Å²) in [5, 5.41) is 15.7. The molecule has 0 fully saturated rings. The Bertz CT molecular complexity index is 959. The number of carbonyl (C=O) groups is 2. The number of benzene rings is 2. The zero-order valence-corrected chi connectivity index (χ0v) is 17.6. The summed E-state index contributed by atoms with van der Waals surface area (Å²) in [4.78, 5) is 25.3. The first-order chi connectivity index (χ1) is 14.0. The van der Waals surface area contributed by atoms with Gasteiger partial charge in [0.1, 0.15) is 0 Å². The van der Waals surface area contributed by atoms with Crippen LogP contribution in [0.3, 0.4) is 0 Å². The number of hydrogen-bond donors (Lipinski definition) is 3. The summed E-state index contributed by atoms with van der Waals surface area (Å²) in [6.07, 6.45) is 0.